The van der Waals surface area contributed by atoms with E-state index in [9.17, 15) is 9.59 Å². The van der Waals surface area contributed by atoms with Gasteiger partial charge in [-0.1, -0.05) is 11.2 Å². The number of carbonyl (C=O) groups excluding carboxylic acids is 2. The van der Waals surface area contributed by atoms with Crippen LogP contribution in [-0.4, -0.2) is 38.1 Å². The second-order valence-corrected chi connectivity index (χ2v) is 7.40. The van der Waals surface area contributed by atoms with Crippen LogP contribution >= 0.6 is 22.7 Å². The molecule has 0 saturated carbocycles. The number of thiazole rings is 1. The lowest BCUT2D eigenvalue weighted by Crippen LogP contribution is -2.36. The van der Waals surface area contributed by atoms with Crippen LogP contribution in [0.15, 0.2) is 33.5 Å². The van der Waals surface area contributed by atoms with Crippen molar-refractivity contribution in [1.82, 2.24) is 25.1 Å². The molecule has 0 radical (unpaired) electrons. The Bertz CT molecular complexity index is 1090. The Hall–Kier alpha value is -3.05. The van der Waals surface area contributed by atoms with Crippen molar-refractivity contribution >= 4 is 45.3 Å². The maximum atomic E-state index is 11.9. The maximum Gasteiger partial charge on any atom is 0.314 e. The zero-order valence-electron chi connectivity index (χ0n) is 14.1. The number of carbonyl (C=O) groups is 2. The minimum atomic E-state index is -0.792. The normalized spacial score (nSPS) is 11.0. The summed E-state index contributed by atoms with van der Waals surface area (Å²) in [6, 6.07) is 5.46. The first-order valence-corrected chi connectivity index (χ1v) is 9.75. The van der Waals surface area contributed by atoms with E-state index in [4.69, 9.17) is 4.52 Å². The fraction of sp³-hybridized carbons (Fsp3) is 0.188. The van der Waals surface area contributed by atoms with Gasteiger partial charge in [0.1, 0.15) is 5.76 Å². The van der Waals surface area contributed by atoms with Gasteiger partial charge in [0.25, 0.3) is 0 Å². The van der Waals surface area contributed by atoms with Gasteiger partial charge in [0, 0.05) is 24.4 Å². The molecule has 2 amide bonds. The summed E-state index contributed by atoms with van der Waals surface area (Å²) in [7, 11) is 0. The largest absolute Gasteiger partial charge is 0.360 e. The number of nitrogens with one attached hydrogen (secondary N) is 2. The lowest BCUT2D eigenvalue weighted by Gasteiger charge is -2.04. The monoisotopic (exact) mass is 402 g/mol. The Morgan fingerprint density at radius 3 is 2.93 bits per heavy atom. The van der Waals surface area contributed by atoms with Gasteiger partial charge in [0.2, 0.25) is 4.96 Å². The minimum absolute atomic E-state index is 0.205. The van der Waals surface area contributed by atoms with Crippen LogP contribution in [0.4, 0.5) is 5.82 Å². The Kier molecular flexibility index (Phi) is 4.69. The van der Waals surface area contributed by atoms with Crippen molar-refractivity contribution < 1.29 is 14.1 Å². The van der Waals surface area contributed by atoms with Crippen LogP contribution in [0.1, 0.15) is 11.5 Å². The summed E-state index contributed by atoms with van der Waals surface area (Å²) >= 11 is 3.07. The number of rotatable bonds is 5. The Morgan fingerprint density at radius 2 is 2.19 bits per heavy atom. The first-order chi connectivity index (χ1) is 13.1. The minimum Gasteiger partial charge on any atom is -0.360 e. The molecule has 0 aliphatic rings. The number of amides is 2. The summed E-state index contributed by atoms with van der Waals surface area (Å²) in [5.41, 5.74) is 0.915. The smallest absolute Gasteiger partial charge is 0.314 e. The number of aromatic nitrogens is 4. The molecule has 0 saturated heterocycles. The zero-order chi connectivity index (χ0) is 18.8. The Balaban J connectivity index is 1.34. The van der Waals surface area contributed by atoms with E-state index < -0.39 is 11.8 Å². The van der Waals surface area contributed by atoms with E-state index in [1.807, 2.05) is 22.9 Å². The van der Waals surface area contributed by atoms with E-state index in [-0.39, 0.29) is 5.82 Å². The zero-order valence-corrected chi connectivity index (χ0v) is 15.8. The summed E-state index contributed by atoms with van der Waals surface area (Å²) < 4.78 is 6.60. The van der Waals surface area contributed by atoms with Gasteiger partial charge in [0.05, 0.1) is 10.6 Å². The third kappa shape index (κ3) is 3.73. The molecule has 0 aromatic carbocycles. The fourth-order valence-corrected chi connectivity index (χ4v) is 3.90. The molecule has 4 rings (SSSR count). The molecular weight excluding hydrogens is 388 g/mol. The highest BCUT2D eigenvalue weighted by molar-refractivity contribution is 7.15. The second-order valence-electron chi connectivity index (χ2n) is 5.62. The third-order valence-corrected chi connectivity index (χ3v) is 5.36. The number of fused-ring (bicyclic) bond motifs is 1. The second kappa shape index (κ2) is 7.29. The molecule has 0 spiro atoms. The molecule has 2 N–H and O–H groups in total. The summed E-state index contributed by atoms with van der Waals surface area (Å²) in [5, 5.41) is 17.0. The van der Waals surface area contributed by atoms with Crippen LogP contribution in [0.2, 0.25) is 0 Å². The maximum absolute atomic E-state index is 11.9. The van der Waals surface area contributed by atoms with Crippen molar-refractivity contribution in [3.63, 3.8) is 0 Å². The van der Waals surface area contributed by atoms with Crippen molar-refractivity contribution in [2.45, 2.75) is 13.3 Å². The molecule has 138 valence electrons. The quantitative estimate of drug-likeness (QED) is 0.494. The van der Waals surface area contributed by atoms with E-state index in [2.05, 4.69) is 25.9 Å². The summed E-state index contributed by atoms with van der Waals surface area (Å²) in [5.74, 6) is -0.0956. The molecule has 0 aliphatic heterocycles. The molecule has 27 heavy (non-hydrogen) atoms. The topological polar surface area (TPSA) is 114 Å². The lowest BCUT2D eigenvalue weighted by atomic mass is 10.3. The van der Waals surface area contributed by atoms with Crippen molar-refractivity contribution in [1.29, 1.82) is 0 Å². The predicted molar refractivity (Wildman–Crippen MR) is 101 cm³/mol. The number of anilines is 1. The van der Waals surface area contributed by atoms with Crippen LogP contribution in [0.3, 0.4) is 0 Å². The van der Waals surface area contributed by atoms with Crippen molar-refractivity contribution in [3.05, 3.63) is 40.4 Å². The van der Waals surface area contributed by atoms with Crippen molar-refractivity contribution in [2.24, 2.45) is 0 Å². The van der Waals surface area contributed by atoms with Crippen LogP contribution in [0.5, 0.6) is 0 Å². The van der Waals surface area contributed by atoms with E-state index in [1.54, 1.807) is 22.8 Å². The van der Waals surface area contributed by atoms with Crippen LogP contribution < -0.4 is 10.6 Å². The summed E-state index contributed by atoms with van der Waals surface area (Å²) in [6.07, 6.45) is 0.523. The molecule has 0 fully saturated rings. The lowest BCUT2D eigenvalue weighted by molar-refractivity contribution is -0.136. The van der Waals surface area contributed by atoms with Gasteiger partial charge in [-0.25, -0.2) is 4.52 Å². The molecule has 0 unspecified atom stereocenters. The van der Waals surface area contributed by atoms with Crippen LogP contribution in [0, 0.1) is 6.92 Å². The summed E-state index contributed by atoms with van der Waals surface area (Å²) in [6.45, 7) is 1.99. The van der Waals surface area contributed by atoms with Gasteiger partial charge < -0.3 is 9.84 Å². The summed E-state index contributed by atoms with van der Waals surface area (Å²) in [4.78, 5) is 30.0. The molecule has 0 aliphatic carbocycles. The number of aryl methyl sites for hydroxylation is 1. The van der Waals surface area contributed by atoms with Gasteiger partial charge >= 0.3 is 11.8 Å². The average Bonchev–Trinajstić information content (AvgIpc) is 3.39. The van der Waals surface area contributed by atoms with E-state index in [1.165, 1.54) is 17.4 Å². The Labute approximate surface area is 161 Å². The highest BCUT2D eigenvalue weighted by Gasteiger charge is 2.16. The number of hydrogen-bond donors (Lipinski definition) is 2. The van der Waals surface area contributed by atoms with Crippen molar-refractivity contribution in [3.8, 4) is 10.7 Å². The highest BCUT2D eigenvalue weighted by Crippen LogP contribution is 2.24. The van der Waals surface area contributed by atoms with Crippen LogP contribution in [0.25, 0.3) is 15.7 Å². The Morgan fingerprint density at radius 1 is 1.30 bits per heavy atom. The predicted octanol–water partition coefficient (Wildman–Crippen LogP) is 2.11. The highest BCUT2D eigenvalue weighted by atomic mass is 32.1. The van der Waals surface area contributed by atoms with Crippen LogP contribution in [-0.2, 0) is 16.0 Å². The first-order valence-electron chi connectivity index (χ1n) is 7.99. The standard InChI is InChI=1S/C16H14N6O3S2/c1-9-7-12(21-25-9)18-15(24)14(23)17-5-4-10-8-27-16-19-13(20-22(10)16)11-3-2-6-26-11/h2-3,6-8H,4-5H2,1H3,(H,17,23)(H,18,21,24). The molecule has 11 heteroatoms. The molecule has 4 heterocycles. The van der Waals surface area contributed by atoms with Gasteiger partial charge in [-0.15, -0.1) is 27.8 Å². The molecule has 4 aromatic heterocycles. The van der Waals surface area contributed by atoms with Gasteiger partial charge in [-0.2, -0.15) is 4.98 Å². The third-order valence-electron chi connectivity index (χ3n) is 3.63. The van der Waals surface area contributed by atoms with Gasteiger partial charge in [-0.3, -0.25) is 14.9 Å². The van der Waals surface area contributed by atoms with Gasteiger partial charge in [0.15, 0.2) is 11.6 Å². The number of nitrogens with zero attached hydrogens (tertiary/aromatic N) is 4. The molecule has 0 bridgehead atoms. The van der Waals surface area contributed by atoms with Gasteiger partial charge in [-0.05, 0) is 18.4 Å². The SMILES string of the molecule is Cc1cc(NC(=O)C(=O)NCCc2csc3nc(-c4cccs4)nn23)no1. The van der Waals surface area contributed by atoms with Crippen molar-refractivity contribution in [2.75, 3.05) is 11.9 Å². The first kappa shape index (κ1) is 17.4. The van der Waals surface area contributed by atoms with E-state index >= 15 is 0 Å². The average molecular weight is 402 g/mol. The number of hydrogen-bond acceptors (Lipinski definition) is 8. The van der Waals surface area contributed by atoms with E-state index in [0.717, 1.165) is 15.5 Å². The molecule has 0 atom stereocenters. The number of thiophene rings is 1. The molecule has 9 nitrogen and oxygen atoms in total. The molecular formula is C16H14N6O3S2. The molecule has 4 aromatic rings. The van der Waals surface area contributed by atoms with E-state index in [0.29, 0.717) is 24.6 Å². The fourth-order valence-electron chi connectivity index (χ4n) is 2.39.